The Labute approximate surface area is 556 Å². The van der Waals surface area contributed by atoms with Crippen LogP contribution in [0.1, 0.15) is 369 Å². The average molecular weight is 1340 g/mol. The summed E-state index contributed by atoms with van der Waals surface area (Å²) in [4.78, 5) is 72.6. The second kappa shape index (κ2) is 64.1. The van der Waals surface area contributed by atoms with Gasteiger partial charge in [-0.1, -0.05) is 318 Å². The van der Waals surface area contributed by atoms with Gasteiger partial charge in [0.25, 0.3) is 0 Å². The molecule has 0 aromatic carbocycles. The first-order valence-corrected chi connectivity index (χ1v) is 40.5. The van der Waals surface area contributed by atoms with Crippen LogP contribution in [0.2, 0.25) is 0 Å². The molecule has 0 radical (unpaired) electrons. The Kier molecular flexibility index (Phi) is 62.7. The van der Waals surface area contributed by atoms with Crippen molar-refractivity contribution in [3.05, 3.63) is 0 Å². The number of phosphoric ester groups is 2. The summed E-state index contributed by atoms with van der Waals surface area (Å²) >= 11 is 0. The largest absolute Gasteiger partial charge is 0.472 e. The lowest BCUT2D eigenvalue weighted by atomic mass is 10.0. The summed E-state index contributed by atoms with van der Waals surface area (Å²) in [6.45, 7) is 9.57. The molecular weight excluding hydrogens is 1200 g/mol. The number of hydrogen-bond acceptors (Lipinski definition) is 15. The van der Waals surface area contributed by atoms with E-state index in [9.17, 15) is 43.2 Å². The SMILES string of the molecule is CCCCCCCCCCCCCCC(=O)O[C@H](COC(=O)CCCCCCCCCCCC)COP(=O)(O)OC[C@H](O)COP(=O)(O)OC[C@@H](COC(=O)CCCCCCCCCCCCC(C)C)OC(=O)CCCCCCCCCCCCCCCC(C)C. The molecule has 17 nitrogen and oxygen atoms in total. The van der Waals surface area contributed by atoms with Crippen LogP contribution in [0.5, 0.6) is 0 Å². The van der Waals surface area contributed by atoms with Gasteiger partial charge in [-0.05, 0) is 37.5 Å². The van der Waals surface area contributed by atoms with Gasteiger partial charge in [0.1, 0.15) is 19.3 Å². The molecule has 19 heteroatoms. The summed E-state index contributed by atoms with van der Waals surface area (Å²) in [5.41, 5.74) is 0. The number of unbranched alkanes of at least 4 members (excludes halogenated alkanes) is 41. The molecule has 5 atom stereocenters. The molecule has 0 aliphatic rings. The Morgan fingerprint density at radius 1 is 0.297 bits per heavy atom. The number of rotatable bonds is 71. The van der Waals surface area contributed by atoms with Crippen molar-refractivity contribution >= 4 is 39.5 Å². The molecule has 0 heterocycles. The standard InChI is InChI=1S/C72H140O17P2/c1-7-9-11-13-15-17-19-24-32-38-44-50-56-71(76)88-67(60-82-69(74)54-48-42-36-30-18-16-14-12-10-8-2)62-86-90(78,79)84-58-66(73)59-85-91(80,81)87-63-68(61-83-70(75)55-49-43-37-31-27-26-29-35-41-47-53-65(5)6)89-72(77)57-51-45-39-33-25-22-20-21-23-28-34-40-46-52-64(3)4/h64-68,73H,7-63H2,1-6H3,(H,78,79)(H,80,81)/t66-,67+,68+/m0/s1. The van der Waals surface area contributed by atoms with Gasteiger partial charge in [-0.15, -0.1) is 0 Å². The lowest BCUT2D eigenvalue weighted by molar-refractivity contribution is -0.161. The second-order valence-corrected chi connectivity index (χ2v) is 29.8. The molecule has 540 valence electrons. The van der Waals surface area contributed by atoms with Gasteiger partial charge < -0.3 is 33.8 Å². The van der Waals surface area contributed by atoms with E-state index in [2.05, 4.69) is 41.5 Å². The first kappa shape index (κ1) is 89.1. The van der Waals surface area contributed by atoms with E-state index in [0.717, 1.165) is 102 Å². The van der Waals surface area contributed by atoms with Crippen LogP contribution in [-0.4, -0.2) is 96.7 Å². The van der Waals surface area contributed by atoms with Crippen molar-refractivity contribution in [3.63, 3.8) is 0 Å². The first-order chi connectivity index (χ1) is 43.9. The maximum atomic E-state index is 13.0. The smallest absolute Gasteiger partial charge is 0.462 e. The highest BCUT2D eigenvalue weighted by molar-refractivity contribution is 7.47. The van der Waals surface area contributed by atoms with Gasteiger partial charge in [0.15, 0.2) is 12.2 Å². The number of esters is 4. The molecule has 0 aliphatic heterocycles. The third-order valence-electron chi connectivity index (χ3n) is 16.7. The molecule has 0 aromatic rings. The number of aliphatic hydroxyl groups excluding tert-OH is 1. The van der Waals surface area contributed by atoms with Crippen molar-refractivity contribution in [2.45, 2.75) is 387 Å². The summed E-state index contributed by atoms with van der Waals surface area (Å²) in [7, 11) is -9.90. The van der Waals surface area contributed by atoms with Crippen molar-refractivity contribution in [2.75, 3.05) is 39.6 Å². The minimum atomic E-state index is -4.95. The van der Waals surface area contributed by atoms with E-state index in [-0.39, 0.29) is 25.7 Å². The molecule has 0 saturated heterocycles. The molecule has 0 spiro atoms. The number of phosphoric acid groups is 2. The molecule has 0 rings (SSSR count). The van der Waals surface area contributed by atoms with E-state index >= 15 is 0 Å². The number of hydrogen-bond donors (Lipinski definition) is 3. The highest BCUT2D eigenvalue weighted by Crippen LogP contribution is 2.45. The zero-order valence-electron chi connectivity index (χ0n) is 59.1. The number of ether oxygens (including phenoxy) is 4. The maximum absolute atomic E-state index is 13.0. The minimum Gasteiger partial charge on any atom is -0.462 e. The zero-order chi connectivity index (χ0) is 67.2. The zero-order valence-corrected chi connectivity index (χ0v) is 60.9. The Hall–Kier alpha value is -1.94. The average Bonchev–Trinajstić information content (AvgIpc) is 3.48. The molecular formula is C72H140O17P2. The molecule has 0 aliphatic carbocycles. The van der Waals surface area contributed by atoms with Crippen LogP contribution in [0.15, 0.2) is 0 Å². The monoisotopic (exact) mass is 1340 g/mol. The third kappa shape index (κ3) is 66.5. The highest BCUT2D eigenvalue weighted by Gasteiger charge is 2.30. The normalized spacial score (nSPS) is 14.1. The molecule has 0 aromatic heterocycles. The molecule has 91 heavy (non-hydrogen) atoms. The van der Waals surface area contributed by atoms with Crippen LogP contribution >= 0.6 is 15.6 Å². The van der Waals surface area contributed by atoms with Crippen LogP contribution in [0.4, 0.5) is 0 Å². The Morgan fingerprint density at radius 2 is 0.505 bits per heavy atom. The molecule has 0 fully saturated rings. The number of carbonyl (C=O) groups excluding carboxylic acids is 4. The summed E-state index contributed by atoms with van der Waals surface area (Å²) in [6.07, 6.45) is 49.8. The topological polar surface area (TPSA) is 237 Å². The molecule has 0 amide bonds. The fourth-order valence-electron chi connectivity index (χ4n) is 10.9. The fraction of sp³-hybridized carbons (Fsp3) is 0.944. The van der Waals surface area contributed by atoms with Gasteiger partial charge in [0.05, 0.1) is 26.4 Å². The predicted octanol–water partition coefficient (Wildman–Crippen LogP) is 20.8. The van der Waals surface area contributed by atoms with E-state index in [4.69, 9.17) is 37.0 Å². The van der Waals surface area contributed by atoms with Crippen LogP contribution < -0.4 is 0 Å². The molecule has 2 unspecified atom stereocenters. The summed E-state index contributed by atoms with van der Waals surface area (Å²) in [6, 6.07) is 0. The Bertz CT molecular complexity index is 1770. The third-order valence-corrected chi connectivity index (χ3v) is 18.6. The van der Waals surface area contributed by atoms with Gasteiger partial charge >= 0.3 is 39.5 Å². The van der Waals surface area contributed by atoms with Gasteiger partial charge in [-0.25, -0.2) is 9.13 Å². The Balaban J connectivity index is 5.25. The maximum Gasteiger partial charge on any atom is 0.472 e. The van der Waals surface area contributed by atoms with Crippen molar-refractivity contribution in [1.82, 2.24) is 0 Å². The number of aliphatic hydroxyl groups is 1. The van der Waals surface area contributed by atoms with Gasteiger partial charge in [-0.3, -0.25) is 37.3 Å². The van der Waals surface area contributed by atoms with Gasteiger partial charge in [0, 0.05) is 25.7 Å². The lowest BCUT2D eigenvalue weighted by Gasteiger charge is -2.21. The summed E-state index contributed by atoms with van der Waals surface area (Å²) in [5, 5.41) is 10.6. The van der Waals surface area contributed by atoms with Crippen LogP contribution in [0, 0.1) is 11.8 Å². The van der Waals surface area contributed by atoms with Gasteiger partial charge in [0.2, 0.25) is 0 Å². The molecule has 0 saturated carbocycles. The minimum absolute atomic E-state index is 0.107. The van der Waals surface area contributed by atoms with Gasteiger partial charge in [-0.2, -0.15) is 0 Å². The first-order valence-electron chi connectivity index (χ1n) is 37.5. The van der Waals surface area contributed by atoms with Crippen LogP contribution in [0.25, 0.3) is 0 Å². The predicted molar refractivity (Wildman–Crippen MR) is 368 cm³/mol. The van der Waals surface area contributed by atoms with Crippen molar-refractivity contribution in [1.29, 1.82) is 0 Å². The second-order valence-electron chi connectivity index (χ2n) is 26.9. The van der Waals surface area contributed by atoms with Crippen molar-refractivity contribution < 1.29 is 80.2 Å². The van der Waals surface area contributed by atoms with Crippen LogP contribution in [0.3, 0.4) is 0 Å². The highest BCUT2D eigenvalue weighted by atomic mass is 31.2. The van der Waals surface area contributed by atoms with Crippen LogP contribution in [-0.2, 0) is 65.4 Å². The van der Waals surface area contributed by atoms with Crippen molar-refractivity contribution in [3.8, 4) is 0 Å². The lowest BCUT2D eigenvalue weighted by Crippen LogP contribution is -2.30. The van der Waals surface area contributed by atoms with E-state index in [0.29, 0.717) is 25.7 Å². The van der Waals surface area contributed by atoms with E-state index < -0.39 is 97.5 Å². The van der Waals surface area contributed by atoms with Crippen molar-refractivity contribution in [2.24, 2.45) is 11.8 Å². The molecule has 0 bridgehead atoms. The van der Waals surface area contributed by atoms with E-state index in [1.807, 2.05) is 0 Å². The summed E-state index contributed by atoms with van der Waals surface area (Å²) < 4.78 is 68.4. The quantitative estimate of drug-likeness (QED) is 0.0222. The van der Waals surface area contributed by atoms with E-state index in [1.54, 1.807) is 0 Å². The fourth-order valence-corrected chi connectivity index (χ4v) is 12.5. The molecule has 3 N–H and O–H groups in total. The summed E-state index contributed by atoms with van der Waals surface area (Å²) in [5.74, 6) is -0.575. The van der Waals surface area contributed by atoms with E-state index in [1.165, 1.54) is 186 Å². The Morgan fingerprint density at radius 3 is 0.747 bits per heavy atom. The number of carbonyl (C=O) groups is 4.